The van der Waals surface area contributed by atoms with Crippen LogP contribution in [0.15, 0.2) is 66.7 Å². The molecule has 0 spiro atoms. The Morgan fingerprint density at radius 1 is 0.944 bits per heavy atom. The zero-order chi connectivity index (χ0) is 24.9. The Kier molecular flexibility index (Phi) is 7.57. The number of allylic oxidation sites excluding steroid dienone is 1. The highest BCUT2D eigenvalue weighted by Gasteiger charge is 2.24. The van der Waals surface area contributed by atoms with Crippen LogP contribution in [0.3, 0.4) is 0 Å². The van der Waals surface area contributed by atoms with E-state index in [1.807, 2.05) is 18.2 Å². The molecule has 0 amide bonds. The van der Waals surface area contributed by atoms with Crippen LogP contribution in [0.4, 0.5) is 10.1 Å². The smallest absolute Gasteiger partial charge is 0.119 e. The second-order valence-corrected chi connectivity index (χ2v) is 9.75. The van der Waals surface area contributed by atoms with Gasteiger partial charge in [-0.2, -0.15) is 0 Å². The van der Waals surface area contributed by atoms with Crippen LogP contribution >= 0.6 is 0 Å². The third kappa shape index (κ3) is 5.41. The molecule has 1 saturated heterocycles. The third-order valence-electron chi connectivity index (χ3n) is 7.29. The fraction of sp³-hybridized carbons (Fsp3) is 0.355. The van der Waals surface area contributed by atoms with Gasteiger partial charge in [0.1, 0.15) is 17.6 Å². The lowest BCUT2D eigenvalue weighted by atomic mass is 9.87. The van der Waals surface area contributed by atoms with Crippen LogP contribution in [-0.2, 0) is 6.42 Å². The molecule has 2 aliphatic rings. The maximum absolute atomic E-state index is 12.5. The number of nitrogen functional groups attached to an aromatic ring is 1. The molecular weight excluding hydrogens is 451 g/mol. The predicted octanol–water partition coefficient (Wildman–Crippen LogP) is 6.39. The lowest BCUT2D eigenvalue weighted by molar-refractivity contribution is 0.198. The number of halogens is 1. The van der Waals surface area contributed by atoms with Crippen LogP contribution in [0, 0.1) is 0 Å². The van der Waals surface area contributed by atoms with Gasteiger partial charge in [0.15, 0.2) is 0 Å². The molecule has 1 atom stereocenters. The Hall–Kier alpha value is -3.31. The van der Waals surface area contributed by atoms with Gasteiger partial charge in [-0.25, -0.2) is 0 Å². The maximum Gasteiger partial charge on any atom is 0.119 e. The molecule has 1 aliphatic heterocycles. The van der Waals surface area contributed by atoms with Gasteiger partial charge >= 0.3 is 0 Å². The van der Waals surface area contributed by atoms with E-state index in [4.69, 9.17) is 15.2 Å². The highest BCUT2D eigenvalue weighted by Crippen LogP contribution is 2.41. The van der Waals surface area contributed by atoms with Crippen molar-refractivity contribution >= 4 is 16.8 Å². The molecule has 188 valence electrons. The van der Waals surface area contributed by atoms with E-state index in [9.17, 15) is 4.39 Å². The van der Waals surface area contributed by atoms with Crippen molar-refractivity contribution < 1.29 is 13.9 Å². The van der Waals surface area contributed by atoms with E-state index in [1.54, 1.807) is 7.11 Å². The zero-order valence-electron chi connectivity index (χ0n) is 21.0. The van der Waals surface area contributed by atoms with Crippen LogP contribution in [0.25, 0.3) is 11.1 Å². The number of hydrogen-bond donors (Lipinski definition) is 1. The molecule has 5 rings (SSSR count). The lowest BCUT2D eigenvalue weighted by Crippen LogP contribution is -2.26. The Balaban J connectivity index is 1.46. The minimum absolute atomic E-state index is 0.158. The van der Waals surface area contributed by atoms with Crippen LogP contribution in [0.5, 0.6) is 11.5 Å². The van der Waals surface area contributed by atoms with Crippen LogP contribution < -0.4 is 15.2 Å². The van der Waals surface area contributed by atoms with E-state index in [2.05, 4.69) is 53.4 Å². The molecule has 0 saturated carbocycles. The average Bonchev–Trinajstić information content (AvgIpc) is 3.26. The molecule has 3 aromatic rings. The number of alkyl halides is 1. The first-order chi connectivity index (χ1) is 17.6. The first kappa shape index (κ1) is 24.4. The number of methoxy groups -OCH3 is 1. The molecule has 3 aromatic carbocycles. The van der Waals surface area contributed by atoms with E-state index in [-0.39, 0.29) is 12.8 Å². The van der Waals surface area contributed by atoms with Gasteiger partial charge in [-0.3, -0.25) is 9.29 Å². The molecule has 5 heteroatoms. The molecule has 0 unspecified atom stereocenters. The number of aryl methyl sites for hydroxylation is 1. The van der Waals surface area contributed by atoms with Crippen molar-refractivity contribution in [1.29, 1.82) is 0 Å². The largest absolute Gasteiger partial charge is 0.497 e. The zero-order valence-corrected chi connectivity index (χ0v) is 21.0. The fourth-order valence-electron chi connectivity index (χ4n) is 5.49. The van der Waals surface area contributed by atoms with Gasteiger partial charge in [0.05, 0.1) is 13.8 Å². The number of ether oxygens (including phenoxy) is 2. The molecule has 1 aliphatic carbocycles. The van der Waals surface area contributed by atoms with Crippen LogP contribution in [-0.4, -0.2) is 44.4 Å². The van der Waals surface area contributed by atoms with E-state index in [0.717, 1.165) is 62.5 Å². The van der Waals surface area contributed by atoms with E-state index < -0.39 is 0 Å². The van der Waals surface area contributed by atoms with Crippen molar-refractivity contribution in [1.82, 2.24) is 4.90 Å². The quantitative estimate of drug-likeness (QED) is 0.375. The second kappa shape index (κ2) is 11.2. The summed E-state index contributed by atoms with van der Waals surface area (Å²) < 4.78 is 24.2. The molecular formula is C31H35FN2O2. The van der Waals surface area contributed by atoms with E-state index in [1.165, 1.54) is 33.4 Å². The second-order valence-electron chi connectivity index (χ2n) is 9.75. The number of likely N-dealkylation sites (tertiary alicyclic amines) is 1. The van der Waals surface area contributed by atoms with Crippen LogP contribution in [0.2, 0.25) is 0 Å². The minimum Gasteiger partial charge on any atom is -0.497 e. The normalized spacial score (nSPS) is 18.1. The van der Waals surface area contributed by atoms with Gasteiger partial charge in [0, 0.05) is 25.3 Å². The lowest BCUT2D eigenvalue weighted by Gasteiger charge is -2.19. The highest BCUT2D eigenvalue weighted by atomic mass is 19.1. The standard InChI is InChI=1S/C31H35FN2O2/c1-35-26-11-6-22(7-12-26)29-5-2-4-24-20-25(33)10-15-30(24)31(29)23-8-13-27(14-9-23)36-28-16-19-34(21-28)18-3-17-32/h6-15,20,28H,2-5,16-19,21,33H2,1H3/t28-/m0/s1. The Morgan fingerprint density at radius 3 is 2.44 bits per heavy atom. The fourth-order valence-corrected chi connectivity index (χ4v) is 5.49. The highest BCUT2D eigenvalue weighted by molar-refractivity contribution is 6.00. The Morgan fingerprint density at radius 2 is 1.69 bits per heavy atom. The summed E-state index contributed by atoms with van der Waals surface area (Å²) >= 11 is 0. The van der Waals surface area contributed by atoms with Gasteiger partial charge in [0.2, 0.25) is 0 Å². The molecule has 4 nitrogen and oxygen atoms in total. The number of hydrogen-bond acceptors (Lipinski definition) is 4. The van der Waals surface area contributed by atoms with Gasteiger partial charge in [-0.05, 0) is 102 Å². The van der Waals surface area contributed by atoms with Crippen molar-refractivity contribution in [3.8, 4) is 11.5 Å². The van der Waals surface area contributed by atoms with Gasteiger partial charge in [0.25, 0.3) is 0 Å². The topological polar surface area (TPSA) is 47.7 Å². The molecule has 0 bridgehead atoms. The summed E-state index contributed by atoms with van der Waals surface area (Å²) in [6.45, 7) is 2.39. The summed E-state index contributed by atoms with van der Waals surface area (Å²) in [5, 5.41) is 0. The van der Waals surface area contributed by atoms with Crippen molar-refractivity contribution in [2.24, 2.45) is 0 Å². The third-order valence-corrected chi connectivity index (χ3v) is 7.29. The number of benzene rings is 3. The number of anilines is 1. The average molecular weight is 487 g/mol. The SMILES string of the molecule is COc1ccc(C2=C(c3ccc(O[C@H]4CCN(CCCF)C4)cc3)c3ccc(N)cc3CCC2)cc1. The first-order valence-corrected chi connectivity index (χ1v) is 13.0. The molecule has 0 aromatic heterocycles. The summed E-state index contributed by atoms with van der Waals surface area (Å²) in [5.41, 5.74) is 14.5. The summed E-state index contributed by atoms with van der Waals surface area (Å²) in [7, 11) is 1.70. The van der Waals surface area contributed by atoms with Crippen molar-refractivity contribution in [2.75, 3.05) is 39.2 Å². The van der Waals surface area contributed by atoms with Gasteiger partial charge in [-0.1, -0.05) is 30.3 Å². The van der Waals surface area contributed by atoms with E-state index >= 15 is 0 Å². The Labute approximate surface area is 213 Å². The van der Waals surface area contributed by atoms with Crippen LogP contribution in [0.1, 0.15) is 47.9 Å². The number of fused-ring (bicyclic) bond motifs is 1. The summed E-state index contributed by atoms with van der Waals surface area (Å²) in [6, 6.07) is 23.2. The summed E-state index contributed by atoms with van der Waals surface area (Å²) in [6.07, 6.45) is 4.81. The minimum atomic E-state index is -0.256. The number of nitrogens with zero attached hydrogens (tertiary/aromatic N) is 1. The summed E-state index contributed by atoms with van der Waals surface area (Å²) in [5.74, 6) is 1.74. The molecule has 1 heterocycles. The number of rotatable bonds is 8. The number of nitrogens with two attached hydrogens (primary N) is 1. The van der Waals surface area contributed by atoms with E-state index in [0.29, 0.717) is 6.42 Å². The van der Waals surface area contributed by atoms with Crippen molar-refractivity contribution in [3.05, 3.63) is 89.0 Å². The van der Waals surface area contributed by atoms with Gasteiger partial charge in [-0.15, -0.1) is 0 Å². The Bertz CT molecular complexity index is 1200. The predicted molar refractivity (Wildman–Crippen MR) is 145 cm³/mol. The van der Waals surface area contributed by atoms with Gasteiger partial charge < -0.3 is 15.2 Å². The monoisotopic (exact) mass is 486 g/mol. The molecule has 0 radical (unpaired) electrons. The molecule has 36 heavy (non-hydrogen) atoms. The molecule has 2 N–H and O–H groups in total. The molecule has 1 fully saturated rings. The first-order valence-electron chi connectivity index (χ1n) is 13.0. The van der Waals surface area contributed by atoms with Crippen molar-refractivity contribution in [3.63, 3.8) is 0 Å². The maximum atomic E-state index is 12.5. The summed E-state index contributed by atoms with van der Waals surface area (Å²) in [4.78, 5) is 2.29. The van der Waals surface area contributed by atoms with Crippen molar-refractivity contribution in [2.45, 2.75) is 38.2 Å².